The number of aromatic nitrogens is 4. The average molecular weight is 449 g/mol. The van der Waals surface area contributed by atoms with Crippen LogP contribution >= 0.6 is 0 Å². The normalized spacial score (nSPS) is 17.6. The monoisotopic (exact) mass is 449 g/mol. The van der Waals surface area contributed by atoms with Crippen LogP contribution in [0.5, 0.6) is 0 Å². The van der Waals surface area contributed by atoms with E-state index in [1.165, 1.54) is 41.0 Å². The number of likely N-dealkylation sites (N-methyl/N-ethyl adjacent to an activating group) is 1. The number of likely N-dealkylation sites (tertiary alicyclic amines) is 1. The number of aliphatic hydroxyl groups is 1. The number of amides is 1. The molecule has 0 spiro atoms. The Bertz CT molecular complexity index is 1330. The second-order valence-electron chi connectivity index (χ2n) is 7.59. The molecule has 168 valence electrons. The molecule has 1 fully saturated rings. The van der Waals surface area contributed by atoms with E-state index in [0.717, 1.165) is 5.69 Å². The third-order valence-electron chi connectivity index (χ3n) is 5.29. The number of hydrogen-bond donors (Lipinski definition) is 1. The molecule has 1 atom stereocenters. The predicted molar refractivity (Wildman–Crippen MR) is 115 cm³/mol. The Hall–Kier alpha value is -4.10. The molecule has 0 unspecified atom stereocenters. The summed E-state index contributed by atoms with van der Waals surface area (Å²) < 4.78 is 20.8. The van der Waals surface area contributed by atoms with Gasteiger partial charge in [-0.25, -0.2) is 23.8 Å². The van der Waals surface area contributed by atoms with Crippen molar-refractivity contribution in [3.8, 4) is 29.0 Å². The molecular weight excluding hydrogens is 429 g/mol. The topological polar surface area (TPSA) is 110 Å². The predicted octanol–water partition coefficient (Wildman–Crippen LogP) is 1.51. The fourth-order valence-corrected chi connectivity index (χ4v) is 3.39. The van der Waals surface area contributed by atoms with Crippen LogP contribution in [0.1, 0.15) is 28.2 Å². The molecule has 1 N–H and O–H groups in total. The molecule has 1 amide bonds. The molecule has 3 heterocycles. The summed E-state index contributed by atoms with van der Waals surface area (Å²) in [5.41, 5.74) is -0.756. The number of carbonyl (C=O) groups excluding carboxylic acids is 2. The van der Waals surface area contributed by atoms with Crippen molar-refractivity contribution < 1.29 is 23.8 Å². The third-order valence-corrected chi connectivity index (χ3v) is 5.29. The van der Waals surface area contributed by atoms with Gasteiger partial charge in [-0.15, -0.1) is 0 Å². The van der Waals surface area contributed by atoms with Gasteiger partial charge in [-0.3, -0.25) is 4.79 Å². The lowest BCUT2D eigenvalue weighted by Gasteiger charge is -2.13. The first-order chi connectivity index (χ1) is 15.7. The zero-order chi connectivity index (χ0) is 23.8. The minimum absolute atomic E-state index is 0.00161. The molecule has 0 radical (unpaired) electrons. The summed E-state index contributed by atoms with van der Waals surface area (Å²) in [4.78, 5) is 34.4. The second kappa shape index (κ2) is 8.44. The maximum absolute atomic E-state index is 14.5. The molecule has 0 bridgehead atoms. The highest BCUT2D eigenvalue weighted by atomic mass is 19.1. The first kappa shape index (κ1) is 22.1. The second-order valence-corrected chi connectivity index (χ2v) is 7.59. The number of hydrogen-bond acceptors (Lipinski definition) is 7. The number of halogens is 1. The van der Waals surface area contributed by atoms with Crippen LogP contribution in [0.3, 0.4) is 0 Å². The minimum atomic E-state index is -1.86. The van der Waals surface area contributed by atoms with Crippen molar-refractivity contribution in [2.45, 2.75) is 18.9 Å². The van der Waals surface area contributed by atoms with E-state index in [4.69, 9.17) is 4.74 Å². The minimum Gasteiger partial charge on any atom is -0.464 e. The van der Waals surface area contributed by atoms with E-state index < -0.39 is 23.3 Å². The number of ether oxygens (including phenoxy) is 1. The van der Waals surface area contributed by atoms with Crippen LogP contribution < -0.4 is 0 Å². The molecule has 1 aliphatic heterocycles. The molecule has 1 aliphatic rings. The van der Waals surface area contributed by atoms with E-state index in [1.807, 2.05) is 6.92 Å². The number of rotatable bonds is 3. The average Bonchev–Trinajstić information content (AvgIpc) is 3.36. The van der Waals surface area contributed by atoms with Crippen molar-refractivity contribution in [3.63, 3.8) is 0 Å². The largest absolute Gasteiger partial charge is 0.464 e. The van der Waals surface area contributed by atoms with Gasteiger partial charge in [0.2, 0.25) is 5.60 Å². The molecular formula is C23H20FN5O4. The molecule has 1 aromatic carbocycles. The summed E-state index contributed by atoms with van der Waals surface area (Å²) >= 11 is 0. The van der Waals surface area contributed by atoms with Gasteiger partial charge >= 0.3 is 5.97 Å². The van der Waals surface area contributed by atoms with Crippen LogP contribution in [0.25, 0.3) is 17.2 Å². The van der Waals surface area contributed by atoms with Crippen LogP contribution in [0.4, 0.5) is 4.39 Å². The third kappa shape index (κ3) is 4.18. The summed E-state index contributed by atoms with van der Waals surface area (Å²) in [5, 5.41) is 14.7. The highest BCUT2D eigenvalue weighted by Crippen LogP contribution is 2.23. The van der Waals surface area contributed by atoms with Crippen LogP contribution in [0.15, 0.2) is 36.5 Å². The molecule has 9 nitrogen and oxygen atoms in total. The maximum atomic E-state index is 14.5. The number of esters is 1. The van der Waals surface area contributed by atoms with Gasteiger partial charge in [0.25, 0.3) is 5.91 Å². The van der Waals surface area contributed by atoms with E-state index in [1.54, 1.807) is 19.3 Å². The Morgan fingerprint density at radius 2 is 2.06 bits per heavy atom. The van der Waals surface area contributed by atoms with Gasteiger partial charge in [0, 0.05) is 43.5 Å². The van der Waals surface area contributed by atoms with Crippen molar-refractivity contribution >= 4 is 11.9 Å². The van der Waals surface area contributed by atoms with Crippen molar-refractivity contribution in [2.75, 3.05) is 20.7 Å². The van der Waals surface area contributed by atoms with Crippen molar-refractivity contribution in [2.24, 2.45) is 0 Å². The SMILES string of the molecule is COC(=O)c1cc(-n2nccc2C)nc(-c2ccc(F)c(C#C[C@]3(O)CCN(C)C3=O)c2)n1. The zero-order valence-corrected chi connectivity index (χ0v) is 18.2. The van der Waals surface area contributed by atoms with Gasteiger partial charge in [-0.05, 0) is 31.2 Å². The van der Waals surface area contributed by atoms with Crippen molar-refractivity contribution in [1.82, 2.24) is 24.6 Å². The van der Waals surface area contributed by atoms with E-state index in [0.29, 0.717) is 17.9 Å². The quantitative estimate of drug-likeness (QED) is 0.477. The zero-order valence-electron chi connectivity index (χ0n) is 18.2. The first-order valence-corrected chi connectivity index (χ1v) is 10.0. The maximum Gasteiger partial charge on any atom is 0.356 e. The Morgan fingerprint density at radius 3 is 2.70 bits per heavy atom. The lowest BCUT2D eigenvalue weighted by Crippen LogP contribution is -2.37. The van der Waals surface area contributed by atoms with Gasteiger partial charge in [0.1, 0.15) is 5.82 Å². The Morgan fingerprint density at radius 1 is 1.27 bits per heavy atom. The van der Waals surface area contributed by atoms with E-state index in [-0.39, 0.29) is 23.5 Å². The molecule has 0 aliphatic carbocycles. The van der Waals surface area contributed by atoms with E-state index in [2.05, 4.69) is 26.9 Å². The van der Waals surface area contributed by atoms with Crippen LogP contribution in [0, 0.1) is 24.6 Å². The Labute approximate surface area is 188 Å². The fourth-order valence-electron chi connectivity index (χ4n) is 3.39. The standard InChI is InChI=1S/C23H20FN5O4/c1-14-7-10-25-29(14)19-13-18(21(30)33-3)26-20(27-19)16-4-5-17(24)15(12-16)6-8-23(32)9-11-28(2)22(23)31/h4-5,7,10,12-13,32H,9,11H2,1-3H3/t23-/m0/s1. The summed E-state index contributed by atoms with van der Waals surface area (Å²) in [6, 6.07) is 7.23. The molecule has 3 aromatic rings. The van der Waals surface area contributed by atoms with Crippen molar-refractivity contribution in [3.05, 3.63) is 59.3 Å². The van der Waals surface area contributed by atoms with Gasteiger partial charge in [-0.2, -0.15) is 5.10 Å². The number of benzene rings is 1. The molecule has 2 aromatic heterocycles. The van der Waals surface area contributed by atoms with Crippen LogP contribution in [-0.2, 0) is 9.53 Å². The first-order valence-electron chi connectivity index (χ1n) is 10.0. The van der Waals surface area contributed by atoms with E-state index in [9.17, 15) is 19.1 Å². The Balaban J connectivity index is 1.79. The van der Waals surface area contributed by atoms with Gasteiger partial charge in [0.15, 0.2) is 17.3 Å². The van der Waals surface area contributed by atoms with Crippen LogP contribution in [0.2, 0.25) is 0 Å². The molecule has 33 heavy (non-hydrogen) atoms. The number of methoxy groups -OCH3 is 1. The Kier molecular flexibility index (Phi) is 5.66. The van der Waals surface area contributed by atoms with Gasteiger partial charge < -0.3 is 14.7 Å². The fraction of sp³-hybridized carbons (Fsp3) is 0.261. The summed E-state index contributed by atoms with van der Waals surface area (Å²) in [7, 11) is 2.80. The summed E-state index contributed by atoms with van der Waals surface area (Å²) in [5.74, 6) is 3.69. The van der Waals surface area contributed by atoms with Gasteiger partial charge in [0.05, 0.1) is 12.7 Å². The lowest BCUT2D eigenvalue weighted by molar-refractivity contribution is -0.137. The molecule has 10 heteroatoms. The number of aryl methyl sites for hydroxylation is 1. The highest BCUT2D eigenvalue weighted by Gasteiger charge is 2.42. The highest BCUT2D eigenvalue weighted by molar-refractivity contribution is 5.90. The van der Waals surface area contributed by atoms with Crippen LogP contribution in [-0.4, -0.2) is 67.9 Å². The molecule has 1 saturated heterocycles. The van der Waals surface area contributed by atoms with Crippen molar-refractivity contribution in [1.29, 1.82) is 0 Å². The molecule has 0 saturated carbocycles. The smallest absolute Gasteiger partial charge is 0.356 e. The summed E-state index contributed by atoms with van der Waals surface area (Å²) in [6.45, 7) is 2.18. The summed E-state index contributed by atoms with van der Waals surface area (Å²) in [6.07, 6.45) is 1.72. The number of carbonyl (C=O) groups is 2. The van der Waals surface area contributed by atoms with Gasteiger partial charge in [-0.1, -0.05) is 11.8 Å². The molecule has 4 rings (SSSR count). The van der Waals surface area contributed by atoms with E-state index >= 15 is 0 Å². The lowest BCUT2D eigenvalue weighted by atomic mass is 10.0. The number of nitrogens with zero attached hydrogens (tertiary/aromatic N) is 5.